The van der Waals surface area contributed by atoms with E-state index >= 15 is 0 Å². The number of aliphatic carboxylic acids is 1. The number of ether oxygens (including phenoxy) is 2. The number of carbonyl (C=O) groups is 3. The molecule has 0 heterocycles. The molecule has 5 aliphatic rings. The summed E-state index contributed by atoms with van der Waals surface area (Å²) < 4.78 is 9.42. The molecule has 13 unspecified atom stereocenters. The fourth-order valence-corrected chi connectivity index (χ4v) is 15.9. The minimum Gasteiger partial charge on any atom is -0.481 e. The van der Waals surface area contributed by atoms with E-state index in [-0.39, 0.29) is 65.2 Å². The van der Waals surface area contributed by atoms with Gasteiger partial charge in [-0.25, -0.2) is 0 Å². The van der Waals surface area contributed by atoms with Gasteiger partial charge in [-0.3, -0.25) is 14.4 Å². The van der Waals surface area contributed by atoms with Crippen molar-refractivity contribution in [1.82, 2.24) is 0 Å². The third-order valence-electron chi connectivity index (χ3n) is 20.9. The van der Waals surface area contributed by atoms with Crippen LogP contribution in [0.4, 0.5) is 0 Å². The first-order valence-corrected chi connectivity index (χ1v) is 32.0. The number of aliphatic hydroxyl groups is 6. The largest absolute Gasteiger partial charge is 0.481 e. The summed E-state index contributed by atoms with van der Waals surface area (Å²) in [6.07, 6.45) is 39.9. The number of unbranched alkanes of at least 4 members (excludes halogenated alkanes) is 18. The van der Waals surface area contributed by atoms with E-state index in [0.29, 0.717) is 37.5 Å². The van der Waals surface area contributed by atoms with Gasteiger partial charge in [0.1, 0.15) is 18.6 Å². The molecule has 4 saturated carbocycles. The maximum absolute atomic E-state index is 12.8. The summed E-state index contributed by atoms with van der Waals surface area (Å²) in [5.74, 6) is 1.95. The van der Waals surface area contributed by atoms with Crippen molar-refractivity contribution in [1.29, 1.82) is 0 Å². The van der Waals surface area contributed by atoms with E-state index in [2.05, 4.69) is 67.0 Å². The predicted octanol–water partition coefficient (Wildman–Crippen LogP) is 13.9. The molecule has 0 saturated heterocycles. The van der Waals surface area contributed by atoms with Gasteiger partial charge in [0.15, 0.2) is 0 Å². The second kappa shape index (κ2) is 34.2. The summed E-state index contributed by atoms with van der Waals surface area (Å²) in [6, 6.07) is 0. The van der Waals surface area contributed by atoms with Crippen molar-refractivity contribution in [2.45, 2.75) is 311 Å². The van der Waals surface area contributed by atoms with Crippen molar-refractivity contribution in [2.75, 3.05) is 13.2 Å². The number of allylic oxidation sites excluding steroid dienone is 3. The second-order valence-electron chi connectivity index (χ2n) is 27.8. The average Bonchev–Trinajstić information content (AvgIpc) is 3.57. The monoisotopic (exact) mass is 1130 g/mol. The molecule has 0 aromatic heterocycles. The Morgan fingerprint density at radius 1 is 0.637 bits per heavy atom. The zero-order valence-corrected chi connectivity index (χ0v) is 52.1. The van der Waals surface area contributed by atoms with Crippen LogP contribution in [0.5, 0.6) is 0 Å². The second-order valence-corrected chi connectivity index (χ2v) is 27.8. The fraction of sp³-hybridized carbons (Fsp3) is 0.868. The van der Waals surface area contributed by atoms with Crippen LogP contribution in [0.1, 0.15) is 274 Å². The van der Waals surface area contributed by atoms with Crippen LogP contribution >= 0.6 is 0 Å². The van der Waals surface area contributed by atoms with Gasteiger partial charge in [-0.1, -0.05) is 169 Å². The van der Waals surface area contributed by atoms with E-state index in [1.807, 2.05) is 6.08 Å². The van der Waals surface area contributed by atoms with Gasteiger partial charge in [0, 0.05) is 33.1 Å². The van der Waals surface area contributed by atoms with Crippen LogP contribution in [0.2, 0.25) is 0 Å². The predicted molar refractivity (Wildman–Crippen MR) is 321 cm³/mol. The molecule has 80 heavy (non-hydrogen) atoms. The van der Waals surface area contributed by atoms with E-state index in [4.69, 9.17) is 15.9 Å². The van der Waals surface area contributed by atoms with Crippen LogP contribution in [0.3, 0.4) is 0 Å². The third kappa shape index (κ3) is 20.5. The average molecular weight is 1130 g/mol. The van der Waals surface area contributed by atoms with E-state index < -0.39 is 53.8 Å². The molecule has 12 nitrogen and oxygen atoms in total. The van der Waals surface area contributed by atoms with Crippen molar-refractivity contribution in [2.24, 2.45) is 50.2 Å². The number of carboxylic acid groups (broad SMARTS) is 1. The van der Waals surface area contributed by atoms with Crippen molar-refractivity contribution < 1.29 is 59.6 Å². The maximum Gasteiger partial charge on any atom is 0.312 e. The van der Waals surface area contributed by atoms with E-state index in [1.165, 1.54) is 103 Å². The molecule has 0 bridgehead atoms. The highest BCUT2D eigenvalue weighted by Crippen LogP contribution is 2.75. The standard InChI is InChI=1S/C30H48O4.C19H36O4.C19H34O4/c1-25(2)14-15-30(24(33)34)19(16-25)18-8-9-21-27(5)12-11-22(31)26(3,4)20(27)10-13-28(21,6)29(18,7)17-23(30)32;2*1-3-4-5-6-7-8-9-10-11-12-13-14-18(21)15-19(22)16-23-17(2)20/h8,19-23,31-32H,9-17H2,1-7H3,(H,33,34);3,18-19,21-22H,1,4-16H2,2H3;1,18-19,21-22H,4-16H2,2H3. The highest BCUT2D eigenvalue weighted by Gasteiger charge is 2.71. The van der Waals surface area contributed by atoms with Gasteiger partial charge in [0.2, 0.25) is 0 Å². The van der Waals surface area contributed by atoms with Crippen molar-refractivity contribution in [3.05, 3.63) is 24.3 Å². The molecule has 12 heteroatoms. The van der Waals surface area contributed by atoms with Crippen molar-refractivity contribution >= 4 is 17.9 Å². The Hall–Kier alpha value is -2.79. The highest BCUT2D eigenvalue weighted by atomic mass is 16.5. The summed E-state index contributed by atoms with van der Waals surface area (Å²) in [6.45, 7) is 22.7. The van der Waals surface area contributed by atoms with Crippen LogP contribution in [-0.2, 0) is 23.9 Å². The Kier molecular flexibility index (Phi) is 30.6. The van der Waals surface area contributed by atoms with E-state index in [0.717, 1.165) is 89.9 Å². The zero-order chi connectivity index (χ0) is 59.8. The quantitative estimate of drug-likeness (QED) is 0.0145. The van der Waals surface area contributed by atoms with Gasteiger partial charge in [-0.15, -0.1) is 18.9 Å². The molecule has 462 valence electrons. The first-order chi connectivity index (χ1) is 37.7. The first-order valence-electron chi connectivity index (χ1n) is 32.0. The number of fused-ring (bicyclic) bond motifs is 7. The van der Waals surface area contributed by atoms with Crippen LogP contribution in [0, 0.1) is 62.6 Å². The highest BCUT2D eigenvalue weighted by molar-refractivity contribution is 5.77. The Bertz CT molecular complexity index is 1920. The van der Waals surface area contributed by atoms with Gasteiger partial charge in [-0.2, -0.15) is 0 Å². The molecule has 4 fully saturated rings. The Morgan fingerprint density at radius 3 is 1.57 bits per heavy atom. The van der Waals surface area contributed by atoms with Crippen molar-refractivity contribution in [3.63, 3.8) is 0 Å². The number of carbonyl (C=O) groups excluding carboxylic acids is 2. The molecule has 0 amide bonds. The third-order valence-corrected chi connectivity index (χ3v) is 20.9. The topological polar surface area (TPSA) is 211 Å². The first kappa shape index (κ1) is 71.5. The van der Waals surface area contributed by atoms with Crippen LogP contribution < -0.4 is 0 Å². The number of esters is 2. The molecule has 0 aromatic rings. The maximum atomic E-state index is 12.8. The molecular weight excluding hydrogens is 1010 g/mol. The number of terminal acetylenes is 1. The van der Waals surface area contributed by atoms with Gasteiger partial charge in [-0.05, 0) is 135 Å². The number of carboxylic acids is 1. The lowest BCUT2D eigenvalue weighted by Gasteiger charge is -2.71. The fourth-order valence-electron chi connectivity index (χ4n) is 15.9. The molecule has 0 spiro atoms. The summed E-state index contributed by atoms with van der Waals surface area (Å²) in [5.41, 5.74) is 0.295. The summed E-state index contributed by atoms with van der Waals surface area (Å²) in [7, 11) is 0. The lowest BCUT2D eigenvalue weighted by Crippen LogP contribution is -2.67. The Balaban J connectivity index is 0.000000328. The minimum absolute atomic E-state index is 0.0218. The van der Waals surface area contributed by atoms with Crippen LogP contribution in [0.25, 0.3) is 0 Å². The molecule has 0 aromatic carbocycles. The molecule has 13 atom stereocenters. The molecule has 5 aliphatic carbocycles. The van der Waals surface area contributed by atoms with Gasteiger partial charge >= 0.3 is 17.9 Å². The van der Waals surface area contributed by atoms with Crippen LogP contribution in [-0.4, -0.2) is 103 Å². The number of hydrogen-bond donors (Lipinski definition) is 7. The minimum atomic E-state index is -1.04. The number of rotatable bonds is 32. The Morgan fingerprint density at radius 2 is 1.11 bits per heavy atom. The normalized spacial score (nSPS) is 30.4. The molecule has 0 radical (unpaired) electrons. The molecule has 0 aliphatic heterocycles. The van der Waals surface area contributed by atoms with Gasteiger partial charge in [0.05, 0.1) is 36.6 Å². The summed E-state index contributed by atoms with van der Waals surface area (Å²) in [4.78, 5) is 34.0. The SMILES string of the molecule is C#CCCCCCCCCCCCC(O)CC(O)COC(C)=O.C=CCCCCCCCCCCCC(O)CC(O)COC(C)=O.CC1(C)CCC2(C(=O)O)C(O)CC3(C)C(=CCC4C5(C)CCC(O)C(C)(C)C5CCC43C)C2C1. The lowest BCUT2D eigenvalue weighted by atomic mass is 9.33. The molecular formula is C68H118O12. The molecule has 7 N–H and O–H groups in total. The summed E-state index contributed by atoms with van der Waals surface area (Å²) in [5, 5.41) is 71.9. The lowest BCUT2D eigenvalue weighted by molar-refractivity contribution is -0.218. The van der Waals surface area contributed by atoms with E-state index in [9.17, 15) is 50.1 Å². The van der Waals surface area contributed by atoms with Gasteiger partial charge in [0.25, 0.3) is 0 Å². The Labute approximate surface area is 486 Å². The zero-order valence-electron chi connectivity index (χ0n) is 52.1. The van der Waals surface area contributed by atoms with E-state index in [1.54, 1.807) is 0 Å². The van der Waals surface area contributed by atoms with Gasteiger partial charge < -0.3 is 45.2 Å². The van der Waals surface area contributed by atoms with Crippen LogP contribution in [0.15, 0.2) is 24.3 Å². The number of hydrogen-bond acceptors (Lipinski definition) is 11. The number of aliphatic hydroxyl groups excluding tert-OH is 6. The smallest absolute Gasteiger partial charge is 0.312 e. The molecule has 5 rings (SSSR count). The summed E-state index contributed by atoms with van der Waals surface area (Å²) >= 11 is 0. The van der Waals surface area contributed by atoms with Crippen molar-refractivity contribution in [3.8, 4) is 12.3 Å².